The molecule has 32 heavy (non-hydrogen) atoms. The minimum absolute atomic E-state index is 0.229. The molecule has 0 bridgehead atoms. The van der Waals surface area contributed by atoms with Crippen LogP contribution in [0, 0.1) is 6.92 Å². The molecule has 2 aromatic carbocycles. The summed E-state index contributed by atoms with van der Waals surface area (Å²) < 4.78 is 0. The number of hydrogen-bond acceptors (Lipinski definition) is 5. The van der Waals surface area contributed by atoms with E-state index < -0.39 is 0 Å². The van der Waals surface area contributed by atoms with Crippen LogP contribution in [0.1, 0.15) is 36.2 Å². The number of hydrogen-bond donors (Lipinski definition) is 3. The van der Waals surface area contributed by atoms with E-state index in [1.807, 2.05) is 5.38 Å². The van der Waals surface area contributed by atoms with E-state index >= 15 is 0 Å². The Morgan fingerprint density at radius 3 is 2.47 bits per heavy atom. The Balaban J connectivity index is 1.31. The summed E-state index contributed by atoms with van der Waals surface area (Å²) in [6.45, 7) is 10.9. The van der Waals surface area contributed by atoms with Crippen LogP contribution in [-0.2, 0) is 12.0 Å². The van der Waals surface area contributed by atoms with Gasteiger partial charge < -0.3 is 15.5 Å². The Morgan fingerprint density at radius 1 is 1.09 bits per heavy atom. The molecule has 0 aliphatic carbocycles. The number of nitrogens with zero attached hydrogens (tertiary/aromatic N) is 2. The standard InChI is InChI=1S/C25H31N5OS/c1-18-4-8-20(9-5-18)25(2,3)22-17-32-24(28-22)29-23(31)27-16-19-6-10-21(11-7-19)30-14-12-26-13-15-30/h4-11,17,26H,12-16H2,1-3H3,(H2,27,28,29,31). The molecule has 0 atom stereocenters. The van der Waals surface area contributed by atoms with Crippen molar-refractivity contribution in [2.24, 2.45) is 0 Å². The van der Waals surface area contributed by atoms with Gasteiger partial charge in [0, 0.05) is 49.2 Å². The lowest BCUT2D eigenvalue weighted by Crippen LogP contribution is -2.43. The lowest BCUT2D eigenvalue weighted by molar-refractivity contribution is 0.251. The fourth-order valence-corrected chi connectivity index (χ4v) is 4.68. The Kier molecular flexibility index (Phi) is 6.77. The van der Waals surface area contributed by atoms with E-state index in [2.05, 4.69) is 95.1 Å². The third-order valence-electron chi connectivity index (χ3n) is 6.01. The van der Waals surface area contributed by atoms with Gasteiger partial charge in [0.1, 0.15) is 0 Å². The molecule has 1 fully saturated rings. The number of nitrogens with one attached hydrogen (secondary N) is 3. The first-order valence-corrected chi connectivity index (χ1v) is 11.9. The molecule has 7 heteroatoms. The lowest BCUT2D eigenvalue weighted by atomic mass is 9.82. The van der Waals surface area contributed by atoms with E-state index in [1.54, 1.807) is 0 Å². The van der Waals surface area contributed by atoms with Gasteiger partial charge in [0.2, 0.25) is 0 Å². The number of aryl methyl sites for hydroxylation is 1. The summed E-state index contributed by atoms with van der Waals surface area (Å²) in [4.78, 5) is 19.4. The highest BCUT2D eigenvalue weighted by Crippen LogP contribution is 2.33. The van der Waals surface area contributed by atoms with Gasteiger partial charge >= 0.3 is 6.03 Å². The highest BCUT2D eigenvalue weighted by atomic mass is 32.1. The minimum atomic E-state index is -0.245. The molecular weight excluding hydrogens is 418 g/mol. The molecule has 0 unspecified atom stereocenters. The zero-order chi connectivity index (χ0) is 22.6. The Labute approximate surface area is 194 Å². The van der Waals surface area contributed by atoms with Gasteiger partial charge in [-0.05, 0) is 30.2 Å². The molecular formula is C25H31N5OS. The van der Waals surface area contributed by atoms with Gasteiger partial charge in [-0.1, -0.05) is 55.8 Å². The summed E-state index contributed by atoms with van der Waals surface area (Å²) in [5, 5.41) is 11.8. The van der Waals surface area contributed by atoms with Crippen LogP contribution in [0.3, 0.4) is 0 Å². The molecule has 168 valence electrons. The second-order valence-corrected chi connectivity index (χ2v) is 9.60. The zero-order valence-corrected chi connectivity index (χ0v) is 19.8. The second kappa shape index (κ2) is 9.71. The molecule has 1 saturated heterocycles. The highest BCUT2D eigenvalue weighted by Gasteiger charge is 2.26. The fourth-order valence-electron chi connectivity index (χ4n) is 3.81. The number of thiazole rings is 1. The van der Waals surface area contributed by atoms with E-state index in [1.165, 1.54) is 28.2 Å². The molecule has 1 aliphatic heterocycles. The van der Waals surface area contributed by atoms with E-state index in [4.69, 9.17) is 0 Å². The molecule has 0 saturated carbocycles. The first kappa shape index (κ1) is 22.3. The number of aromatic nitrogens is 1. The first-order chi connectivity index (χ1) is 15.4. The predicted molar refractivity (Wildman–Crippen MR) is 133 cm³/mol. The van der Waals surface area contributed by atoms with Crippen molar-refractivity contribution in [3.05, 3.63) is 76.3 Å². The third-order valence-corrected chi connectivity index (χ3v) is 6.77. The molecule has 3 aromatic rings. The lowest BCUT2D eigenvalue weighted by Gasteiger charge is -2.29. The molecule has 6 nitrogen and oxygen atoms in total. The largest absolute Gasteiger partial charge is 0.369 e. The van der Waals surface area contributed by atoms with Crippen LogP contribution in [0.5, 0.6) is 0 Å². The van der Waals surface area contributed by atoms with Crippen molar-refractivity contribution in [2.45, 2.75) is 32.7 Å². The molecule has 0 spiro atoms. The zero-order valence-electron chi connectivity index (χ0n) is 18.9. The summed E-state index contributed by atoms with van der Waals surface area (Å²) >= 11 is 1.45. The number of urea groups is 1. The van der Waals surface area contributed by atoms with Crippen molar-refractivity contribution in [1.82, 2.24) is 15.6 Å². The smallest absolute Gasteiger partial charge is 0.321 e. The van der Waals surface area contributed by atoms with E-state index in [-0.39, 0.29) is 11.4 Å². The van der Waals surface area contributed by atoms with E-state index in [9.17, 15) is 4.79 Å². The summed E-state index contributed by atoms with van der Waals surface area (Å²) in [5.74, 6) is 0. The Bertz CT molecular complexity index is 1040. The average Bonchev–Trinajstić information content (AvgIpc) is 3.28. The van der Waals surface area contributed by atoms with Gasteiger partial charge in [0.25, 0.3) is 0 Å². The SMILES string of the molecule is Cc1ccc(C(C)(C)c2csc(NC(=O)NCc3ccc(N4CCNCC4)cc3)n2)cc1. The maximum atomic E-state index is 12.4. The van der Waals surface area contributed by atoms with Gasteiger partial charge in [0.15, 0.2) is 5.13 Å². The molecule has 3 N–H and O–H groups in total. The number of amides is 2. The van der Waals surface area contributed by atoms with Crippen LogP contribution in [0.2, 0.25) is 0 Å². The quantitative estimate of drug-likeness (QED) is 0.518. The van der Waals surface area contributed by atoms with Crippen molar-refractivity contribution in [1.29, 1.82) is 0 Å². The molecule has 2 heterocycles. The van der Waals surface area contributed by atoms with Crippen molar-refractivity contribution in [3.8, 4) is 0 Å². The second-order valence-electron chi connectivity index (χ2n) is 8.74. The number of anilines is 2. The number of benzene rings is 2. The monoisotopic (exact) mass is 449 g/mol. The Hall–Kier alpha value is -2.90. The maximum Gasteiger partial charge on any atom is 0.321 e. The average molecular weight is 450 g/mol. The molecule has 1 aromatic heterocycles. The number of rotatable bonds is 6. The predicted octanol–water partition coefficient (Wildman–Crippen LogP) is 4.51. The van der Waals surface area contributed by atoms with Gasteiger partial charge in [0.05, 0.1) is 5.69 Å². The third kappa shape index (κ3) is 5.29. The van der Waals surface area contributed by atoms with Gasteiger partial charge in [-0.25, -0.2) is 9.78 Å². The van der Waals surface area contributed by atoms with Crippen LogP contribution in [0.15, 0.2) is 53.9 Å². The van der Waals surface area contributed by atoms with Gasteiger partial charge in [-0.3, -0.25) is 5.32 Å². The summed E-state index contributed by atoms with van der Waals surface area (Å²) in [6, 6.07) is 16.7. The topological polar surface area (TPSA) is 69.3 Å². The first-order valence-electron chi connectivity index (χ1n) is 11.0. The number of carbonyl (C=O) groups is 1. The van der Waals surface area contributed by atoms with Crippen molar-refractivity contribution in [2.75, 3.05) is 36.4 Å². The van der Waals surface area contributed by atoms with Gasteiger partial charge in [-0.15, -0.1) is 11.3 Å². The molecule has 0 radical (unpaired) electrons. The molecule has 2 amide bonds. The fraction of sp³-hybridized carbons (Fsp3) is 0.360. The summed E-state index contributed by atoms with van der Waals surface area (Å²) in [5.41, 5.74) is 5.46. The Morgan fingerprint density at radius 2 is 1.78 bits per heavy atom. The highest BCUT2D eigenvalue weighted by molar-refractivity contribution is 7.13. The summed E-state index contributed by atoms with van der Waals surface area (Å²) in [6.07, 6.45) is 0. The van der Waals surface area contributed by atoms with E-state index in [0.717, 1.165) is 37.4 Å². The van der Waals surface area contributed by atoms with Crippen molar-refractivity contribution >= 4 is 28.2 Å². The summed E-state index contributed by atoms with van der Waals surface area (Å²) in [7, 11) is 0. The number of piperazine rings is 1. The molecule has 1 aliphatic rings. The van der Waals surface area contributed by atoms with Crippen LogP contribution in [0.4, 0.5) is 15.6 Å². The maximum absolute atomic E-state index is 12.4. The van der Waals surface area contributed by atoms with Crippen LogP contribution in [0.25, 0.3) is 0 Å². The van der Waals surface area contributed by atoms with E-state index in [0.29, 0.717) is 11.7 Å². The number of carbonyl (C=O) groups excluding carboxylic acids is 1. The minimum Gasteiger partial charge on any atom is -0.369 e. The van der Waals surface area contributed by atoms with Crippen LogP contribution in [-0.4, -0.2) is 37.2 Å². The van der Waals surface area contributed by atoms with Gasteiger partial charge in [-0.2, -0.15) is 0 Å². The van der Waals surface area contributed by atoms with Crippen molar-refractivity contribution < 1.29 is 4.79 Å². The van der Waals surface area contributed by atoms with Crippen molar-refractivity contribution in [3.63, 3.8) is 0 Å². The van der Waals surface area contributed by atoms with Crippen LogP contribution >= 0.6 is 11.3 Å². The molecule has 4 rings (SSSR count). The normalized spacial score (nSPS) is 14.3. The van der Waals surface area contributed by atoms with Crippen LogP contribution < -0.4 is 20.9 Å².